The molecule has 0 atom stereocenters. The summed E-state index contributed by atoms with van der Waals surface area (Å²) < 4.78 is 40.3. The van der Waals surface area contributed by atoms with Crippen LogP contribution in [0.25, 0.3) is 5.69 Å². The van der Waals surface area contributed by atoms with Gasteiger partial charge in [0.2, 0.25) is 0 Å². The molecule has 6 nitrogen and oxygen atoms in total. The van der Waals surface area contributed by atoms with Crippen LogP contribution >= 0.6 is 0 Å². The minimum atomic E-state index is -1.04. The Labute approximate surface area is 133 Å². The summed E-state index contributed by atoms with van der Waals surface area (Å²) in [5.41, 5.74) is 0.480. The summed E-state index contributed by atoms with van der Waals surface area (Å²) in [5, 5.41) is 13.4. The molecule has 1 N–H and O–H groups in total. The lowest BCUT2D eigenvalue weighted by atomic mass is 10.2. The Kier molecular flexibility index (Phi) is 4.23. The lowest BCUT2D eigenvalue weighted by Crippen LogP contribution is -2.24. The largest absolute Gasteiger partial charge is 0.345 e. The van der Waals surface area contributed by atoms with Gasteiger partial charge in [0, 0.05) is 11.6 Å². The number of nitrogens with one attached hydrogen (secondary N) is 1. The van der Waals surface area contributed by atoms with Gasteiger partial charge in [0.05, 0.1) is 12.2 Å². The van der Waals surface area contributed by atoms with Gasteiger partial charge in [-0.15, -0.1) is 5.10 Å². The number of benzene rings is 2. The first-order valence-electron chi connectivity index (χ1n) is 6.81. The SMILES string of the molecule is O=C(NCc1nnnn1-c1ccc(F)c(F)c1)c1ccc(F)cc1. The molecule has 0 saturated heterocycles. The van der Waals surface area contributed by atoms with Crippen molar-refractivity contribution < 1.29 is 18.0 Å². The Balaban J connectivity index is 1.75. The normalized spacial score (nSPS) is 10.6. The van der Waals surface area contributed by atoms with E-state index in [1.807, 2.05) is 0 Å². The van der Waals surface area contributed by atoms with Gasteiger partial charge in [0.25, 0.3) is 5.91 Å². The Morgan fingerprint density at radius 2 is 1.79 bits per heavy atom. The molecule has 1 amide bonds. The molecule has 0 aliphatic carbocycles. The first-order valence-corrected chi connectivity index (χ1v) is 6.81. The van der Waals surface area contributed by atoms with E-state index in [1.165, 1.54) is 35.0 Å². The highest BCUT2D eigenvalue weighted by atomic mass is 19.2. The Bertz CT molecular complexity index is 879. The van der Waals surface area contributed by atoms with E-state index < -0.39 is 23.4 Å². The molecule has 0 bridgehead atoms. The van der Waals surface area contributed by atoms with Crippen LogP contribution in [0.4, 0.5) is 13.2 Å². The number of carbonyl (C=O) groups is 1. The third-order valence-corrected chi connectivity index (χ3v) is 3.20. The van der Waals surface area contributed by atoms with Crippen molar-refractivity contribution in [3.63, 3.8) is 0 Å². The quantitative estimate of drug-likeness (QED) is 0.793. The van der Waals surface area contributed by atoms with Crippen LogP contribution in [-0.2, 0) is 6.54 Å². The first-order chi connectivity index (χ1) is 11.5. The van der Waals surface area contributed by atoms with Gasteiger partial charge in [-0.3, -0.25) is 4.79 Å². The number of rotatable bonds is 4. The summed E-state index contributed by atoms with van der Waals surface area (Å²) >= 11 is 0. The van der Waals surface area contributed by atoms with Crippen LogP contribution in [-0.4, -0.2) is 26.1 Å². The summed E-state index contributed by atoms with van der Waals surface area (Å²) in [6, 6.07) is 8.21. The van der Waals surface area contributed by atoms with E-state index in [0.29, 0.717) is 0 Å². The lowest BCUT2D eigenvalue weighted by molar-refractivity contribution is 0.0949. The van der Waals surface area contributed by atoms with Gasteiger partial charge < -0.3 is 5.32 Å². The van der Waals surface area contributed by atoms with Crippen LogP contribution in [0.2, 0.25) is 0 Å². The standard InChI is InChI=1S/C15H10F3N5O/c16-10-3-1-9(2-4-10)15(24)19-8-14-20-21-22-23(14)11-5-6-12(17)13(18)7-11/h1-7H,8H2,(H,19,24). The second-order valence-corrected chi connectivity index (χ2v) is 4.79. The number of aromatic nitrogens is 4. The molecule has 1 heterocycles. The zero-order valence-corrected chi connectivity index (χ0v) is 12.1. The highest BCUT2D eigenvalue weighted by molar-refractivity contribution is 5.94. The predicted octanol–water partition coefficient (Wildman–Crippen LogP) is 2.01. The van der Waals surface area contributed by atoms with Gasteiger partial charge >= 0.3 is 0 Å². The van der Waals surface area contributed by atoms with Crippen molar-refractivity contribution in [3.05, 3.63) is 71.3 Å². The van der Waals surface area contributed by atoms with Crippen molar-refractivity contribution in [3.8, 4) is 5.69 Å². The zero-order chi connectivity index (χ0) is 17.1. The van der Waals surface area contributed by atoms with E-state index in [-0.39, 0.29) is 23.6 Å². The van der Waals surface area contributed by atoms with Crippen molar-refractivity contribution in [1.29, 1.82) is 0 Å². The number of hydrogen-bond donors (Lipinski definition) is 1. The molecule has 0 aliphatic heterocycles. The van der Waals surface area contributed by atoms with Crippen LogP contribution in [0, 0.1) is 17.5 Å². The van der Waals surface area contributed by atoms with Crippen LogP contribution < -0.4 is 5.32 Å². The molecule has 2 aromatic carbocycles. The van der Waals surface area contributed by atoms with Gasteiger partial charge in [-0.2, -0.15) is 4.68 Å². The average molecular weight is 333 g/mol. The molecule has 24 heavy (non-hydrogen) atoms. The van der Waals surface area contributed by atoms with Gasteiger partial charge in [-0.05, 0) is 46.8 Å². The van der Waals surface area contributed by atoms with E-state index in [4.69, 9.17) is 0 Å². The molecule has 122 valence electrons. The van der Waals surface area contributed by atoms with Crippen LogP contribution in [0.15, 0.2) is 42.5 Å². The highest BCUT2D eigenvalue weighted by Crippen LogP contribution is 2.13. The molecule has 0 radical (unpaired) electrons. The van der Waals surface area contributed by atoms with Crippen molar-refractivity contribution in [2.75, 3.05) is 0 Å². The lowest BCUT2D eigenvalue weighted by Gasteiger charge is -2.07. The van der Waals surface area contributed by atoms with E-state index in [9.17, 15) is 18.0 Å². The summed E-state index contributed by atoms with van der Waals surface area (Å²) in [7, 11) is 0. The molecule has 0 spiro atoms. The van der Waals surface area contributed by atoms with E-state index >= 15 is 0 Å². The fraction of sp³-hybridized carbons (Fsp3) is 0.0667. The third kappa shape index (κ3) is 3.24. The summed E-state index contributed by atoms with van der Waals surface area (Å²) in [6.07, 6.45) is 0. The fourth-order valence-electron chi connectivity index (χ4n) is 2.00. The first kappa shape index (κ1) is 15.7. The number of halogens is 3. The minimum absolute atomic E-state index is 0.0534. The summed E-state index contributed by atoms with van der Waals surface area (Å²) in [6.45, 7) is -0.0534. The van der Waals surface area contributed by atoms with E-state index in [1.54, 1.807) is 0 Å². The number of hydrogen-bond acceptors (Lipinski definition) is 4. The Morgan fingerprint density at radius 3 is 2.50 bits per heavy atom. The number of carbonyl (C=O) groups excluding carboxylic acids is 1. The monoisotopic (exact) mass is 333 g/mol. The summed E-state index contributed by atoms with van der Waals surface area (Å²) in [4.78, 5) is 12.0. The number of amides is 1. The summed E-state index contributed by atoms with van der Waals surface area (Å²) in [5.74, 6) is -2.71. The molecule has 0 unspecified atom stereocenters. The Morgan fingerprint density at radius 1 is 1.04 bits per heavy atom. The predicted molar refractivity (Wildman–Crippen MR) is 76.6 cm³/mol. The van der Waals surface area contributed by atoms with Crippen LogP contribution in [0.1, 0.15) is 16.2 Å². The second-order valence-electron chi connectivity index (χ2n) is 4.79. The maximum Gasteiger partial charge on any atom is 0.251 e. The molecule has 9 heteroatoms. The van der Waals surface area contributed by atoms with Gasteiger partial charge in [-0.25, -0.2) is 13.2 Å². The molecule has 3 rings (SSSR count). The van der Waals surface area contributed by atoms with Crippen molar-refractivity contribution in [1.82, 2.24) is 25.5 Å². The van der Waals surface area contributed by atoms with Crippen LogP contribution in [0.3, 0.4) is 0 Å². The molecule has 0 aliphatic rings. The molecular weight excluding hydrogens is 323 g/mol. The van der Waals surface area contributed by atoms with Gasteiger partial charge in [0.1, 0.15) is 5.82 Å². The topological polar surface area (TPSA) is 72.7 Å². The van der Waals surface area contributed by atoms with Crippen molar-refractivity contribution in [2.45, 2.75) is 6.54 Å². The van der Waals surface area contributed by atoms with Gasteiger partial charge in [-0.1, -0.05) is 0 Å². The van der Waals surface area contributed by atoms with Crippen molar-refractivity contribution in [2.24, 2.45) is 0 Å². The van der Waals surface area contributed by atoms with E-state index in [2.05, 4.69) is 20.8 Å². The maximum atomic E-state index is 13.3. The molecule has 0 saturated carbocycles. The molecule has 1 aromatic heterocycles. The Hall–Kier alpha value is -3.23. The smallest absolute Gasteiger partial charge is 0.251 e. The minimum Gasteiger partial charge on any atom is -0.345 e. The molecular formula is C15H10F3N5O. The maximum absolute atomic E-state index is 13.3. The molecule has 0 fully saturated rings. The zero-order valence-electron chi connectivity index (χ0n) is 12.1. The van der Waals surface area contributed by atoms with Crippen molar-refractivity contribution >= 4 is 5.91 Å². The van der Waals surface area contributed by atoms with Gasteiger partial charge in [0.15, 0.2) is 17.5 Å². The number of nitrogens with zero attached hydrogens (tertiary/aromatic N) is 4. The second kappa shape index (κ2) is 6.49. The third-order valence-electron chi connectivity index (χ3n) is 3.20. The molecule has 3 aromatic rings. The highest BCUT2D eigenvalue weighted by Gasteiger charge is 2.13. The number of tetrazole rings is 1. The van der Waals surface area contributed by atoms with Crippen LogP contribution in [0.5, 0.6) is 0 Å². The van der Waals surface area contributed by atoms with E-state index in [0.717, 1.165) is 12.1 Å². The fourth-order valence-corrected chi connectivity index (χ4v) is 2.00. The average Bonchev–Trinajstić information content (AvgIpc) is 3.04.